The Morgan fingerprint density at radius 2 is 1.35 bits per heavy atom. The first kappa shape index (κ1) is 24.6. The topological polar surface area (TPSA) is 56.0 Å². The van der Waals surface area contributed by atoms with Crippen LogP contribution in [0.2, 0.25) is 0 Å². The van der Waals surface area contributed by atoms with Crippen molar-refractivity contribution in [3.8, 4) is 28.3 Å². The molecule has 0 N–H and O–H groups in total. The Labute approximate surface area is 193 Å². The van der Waals surface area contributed by atoms with E-state index in [1.807, 2.05) is 72.8 Å². The lowest BCUT2D eigenvalue weighted by atomic mass is 10.0. The maximum Gasteiger partial charge on any atom is 0.673 e. The number of esters is 1. The number of aromatic nitrogens is 3. The molecule has 2 aromatic carbocycles. The fourth-order valence-corrected chi connectivity index (χ4v) is 3.19. The minimum Gasteiger partial charge on any atom is -0.460 e. The lowest BCUT2D eigenvalue weighted by Crippen LogP contribution is -2.42. The second-order valence-electron chi connectivity index (χ2n) is 6.85. The van der Waals surface area contributed by atoms with E-state index in [-0.39, 0.29) is 6.61 Å². The summed E-state index contributed by atoms with van der Waals surface area (Å²) in [6.45, 7) is 2.07. The van der Waals surface area contributed by atoms with E-state index >= 15 is 0 Å². The van der Waals surface area contributed by atoms with Gasteiger partial charge in [0.25, 0.3) is 0 Å². The van der Waals surface area contributed by atoms with Gasteiger partial charge in [0.05, 0.1) is 6.61 Å². The normalized spacial score (nSPS) is 10.7. The van der Waals surface area contributed by atoms with Crippen LogP contribution in [0, 0.1) is 0 Å². The third-order valence-corrected chi connectivity index (χ3v) is 4.48. The van der Waals surface area contributed by atoms with Crippen molar-refractivity contribution in [1.82, 2.24) is 9.97 Å². The van der Waals surface area contributed by atoms with Gasteiger partial charge in [0.1, 0.15) is 18.1 Å². The van der Waals surface area contributed by atoms with Crippen molar-refractivity contribution in [2.45, 2.75) is 6.92 Å². The molecule has 0 saturated carbocycles. The molecule has 4 aromatic rings. The van der Waals surface area contributed by atoms with Crippen LogP contribution in [0.25, 0.3) is 28.3 Å². The molecule has 0 atom stereocenters. The molecule has 0 fully saturated rings. The monoisotopic (exact) mass is 469 g/mol. The highest BCUT2D eigenvalue weighted by Gasteiger charge is 2.26. The first-order valence-corrected chi connectivity index (χ1v) is 10.3. The maximum absolute atomic E-state index is 12.9. The van der Waals surface area contributed by atoms with Crippen LogP contribution < -0.4 is 4.57 Å². The standard InChI is InChI=1S/C24H20N3O2.BF4/c1-2-29-23(28)22-17-20(18-10-5-3-6-11-18)16-21(19-12-7-4-8-13-19)27(22)24-25-14-9-15-26-24;2-1(3,4)5/h3-17H,2H2,1H3;/q+1;-1. The van der Waals surface area contributed by atoms with Crippen LogP contribution in [0.5, 0.6) is 0 Å². The van der Waals surface area contributed by atoms with E-state index in [4.69, 9.17) is 4.74 Å². The molecule has 0 aliphatic carbocycles. The Balaban J connectivity index is 0.000000588. The molecule has 0 aliphatic rings. The summed E-state index contributed by atoms with van der Waals surface area (Å²) >= 11 is 0. The fourth-order valence-electron chi connectivity index (χ4n) is 3.19. The molecule has 0 unspecified atom stereocenters. The van der Waals surface area contributed by atoms with E-state index in [0.29, 0.717) is 11.6 Å². The Hall–Kier alpha value is -4.08. The van der Waals surface area contributed by atoms with Crippen molar-refractivity contribution >= 4 is 13.2 Å². The fraction of sp³-hybridized carbons (Fsp3) is 0.0833. The summed E-state index contributed by atoms with van der Waals surface area (Å²) in [5, 5.41) is 0. The lowest BCUT2D eigenvalue weighted by molar-refractivity contribution is -0.595. The second-order valence-corrected chi connectivity index (χ2v) is 6.85. The highest BCUT2D eigenvalue weighted by molar-refractivity contribution is 6.50. The smallest absolute Gasteiger partial charge is 0.460 e. The Morgan fingerprint density at radius 1 is 0.824 bits per heavy atom. The van der Waals surface area contributed by atoms with E-state index in [1.54, 1.807) is 30.0 Å². The van der Waals surface area contributed by atoms with Crippen LogP contribution in [-0.2, 0) is 4.74 Å². The molecule has 2 aromatic heterocycles. The average molecular weight is 469 g/mol. The van der Waals surface area contributed by atoms with Crippen molar-refractivity contribution in [3.05, 3.63) is 97.0 Å². The van der Waals surface area contributed by atoms with E-state index in [2.05, 4.69) is 9.97 Å². The average Bonchev–Trinajstić information content (AvgIpc) is 2.84. The Morgan fingerprint density at radius 3 is 1.88 bits per heavy atom. The molecular weight excluding hydrogens is 449 g/mol. The highest BCUT2D eigenvalue weighted by atomic mass is 19.5. The predicted molar refractivity (Wildman–Crippen MR) is 121 cm³/mol. The first-order chi connectivity index (χ1) is 16.3. The molecule has 0 amide bonds. The van der Waals surface area contributed by atoms with Crippen molar-refractivity contribution in [2.24, 2.45) is 0 Å². The molecule has 0 saturated heterocycles. The van der Waals surface area contributed by atoms with Gasteiger partial charge in [-0.2, -0.15) is 4.57 Å². The number of ether oxygens (including phenoxy) is 1. The molecule has 34 heavy (non-hydrogen) atoms. The number of rotatable bonds is 5. The molecule has 0 spiro atoms. The molecule has 5 nitrogen and oxygen atoms in total. The molecule has 2 heterocycles. The summed E-state index contributed by atoms with van der Waals surface area (Å²) in [4.78, 5) is 21.7. The minimum atomic E-state index is -6.00. The summed E-state index contributed by atoms with van der Waals surface area (Å²) in [6.07, 6.45) is 3.31. The number of benzene rings is 2. The molecule has 0 bridgehead atoms. The predicted octanol–water partition coefficient (Wildman–Crippen LogP) is 5.56. The highest BCUT2D eigenvalue weighted by Crippen LogP contribution is 2.26. The summed E-state index contributed by atoms with van der Waals surface area (Å²) < 4.78 is 46.1. The number of hydrogen-bond donors (Lipinski definition) is 0. The van der Waals surface area contributed by atoms with Crippen molar-refractivity contribution in [2.75, 3.05) is 6.61 Å². The maximum atomic E-state index is 12.9. The second kappa shape index (κ2) is 11.2. The van der Waals surface area contributed by atoms with Crippen molar-refractivity contribution in [3.63, 3.8) is 0 Å². The molecule has 10 heteroatoms. The van der Waals surface area contributed by atoms with Crippen molar-refractivity contribution < 1.29 is 31.4 Å². The van der Waals surface area contributed by atoms with Gasteiger partial charge in [-0.25, -0.2) is 4.79 Å². The largest absolute Gasteiger partial charge is 0.673 e. The first-order valence-electron chi connectivity index (χ1n) is 10.3. The van der Waals surface area contributed by atoms with Gasteiger partial charge in [-0.05, 0) is 30.2 Å². The third-order valence-electron chi connectivity index (χ3n) is 4.48. The third kappa shape index (κ3) is 6.71. The number of carbonyl (C=O) groups is 1. The van der Waals surface area contributed by atoms with Gasteiger partial charge in [-0.3, -0.25) is 0 Å². The van der Waals surface area contributed by atoms with E-state index in [1.165, 1.54) is 0 Å². The van der Waals surface area contributed by atoms with Crippen LogP contribution in [0.15, 0.2) is 91.3 Å². The van der Waals surface area contributed by atoms with Gasteiger partial charge in [-0.1, -0.05) is 70.6 Å². The molecule has 4 rings (SSSR count). The van der Waals surface area contributed by atoms with Crippen LogP contribution in [-0.4, -0.2) is 29.8 Å². The zero-order valence-electron chi connectivity index (χ0n) is 18.1. The number of nitrogens with zero attached hydrogens (tertiary/aromatic N) is 3. The number of halogens is 4. The van der Waals surface area contributed by atoms with Gasteiger partial charge in [0.15, 0.2) is 5.69 Å². The summed E-state index contributed by atoms with van der Waals surface area (Å²) in [7, 11) is -6.00. The molecular formula is C24H20BF4N3O2. The summed E-state index contributed by atoms with van der Waals surface area (Å²) in [5.41, 5.74) is 4.05. The zero-order valence-corrected chi connectivity index (χ0v) is 18.1. The number of carbonyl (C=O) groups excluding carboxylic acids is 1. The quantitative estimate of drug-likeness (QED) is 0.166. The number of hydrogen-bond acceptors (Lipinski definition) is 4. The van der Waals surface area contributed by atoms with Gasteiger partial charge < -0.3 is 22.0 Å². The molecule has 0 aliphatic heterocycles. The van der Waals surface area contributed by atoms with Crippen LogP contribution in [0.4, 0.5) is 17.3 Å². The van der Waals surface area contributed by atoms with Crippen LogP contribution >= 0.6 is 0 Å². The van der Waals surface area contributed by atoms with E-state index in [9.17, 15) is 22.1 Å². The number of pyridine rings is 1. The summed E-state index contributed by atoms with van der Waals surface area (Å²) in [5.74, 6) is -0.0102. The summed E-state index contributed by atoms with van der Waals surface area (Å²) in [6, 6.07) is 25.5. The van der Waals surface area contributed by atoms with Gasteiger partial charge >= 0.3 is 19.2 Å². The molecule has 0 radical (unpaired) electrons. The van der Waals surface area contributed by atoms with E-state index < -0.39 is 13.2 Å². The minimum absolute atomic E-state index is 0.282. The van der Waals surface area contributed by atoms with Crippen LogP contribution in [0.3, 0.4) is 0 Å². The Bertz CT molecular complexity index is 1220. The molecule has 174 valence electrons. The Kier molecular flexibility index (Phi) is 8.07. The van der Waals surface area contributed by atoms with Gasteiger partial charge in [0, 0.05) is 11.6 Å². The van der Waals surface area contributed by atoms with Crippen LogP contribution in [0.1, 0.15) is 17.4 Å². The van der Waals surface area contributed by atoms with Gasteiger partial charge in [-0.15, -0.1) is 0 Å². The SMILES string of the molecule is CCOC(=O)c1cc(-c2ccccc2)cc(-c2ccccc2)[n+]1-c1ncccn1.F[B-](F)(F)F. The lowest BCUT2D eigenvalue weighted by Gasteiger charge is -2.14. The zero-order chi connectivity index (χ0) is 24.6. The van der Waals surface area contributed by atoms with Crippen molar-refractivity contribution in [1.29, 1.82) is 0 Å². The van der Waals surface area contributed by atoms with E-state index in [0.717, 1.165) is 22.4 Å². The van der Waals surface area contributed by atoms with Gasteiger partial charge in [0.2, 0.25) is 0 Å².